The van der Waals surface area contributed by atoms with Gasteiger partial charge in [-0.25, -0.2) is 0 Å². The van der Waals surface area contributed by atoms with E-state index in [-0.39, 0.29) is 5.91 Å². The lowest BCUT2D eigenvalue weighted by Gasteiger charge is -2.13. The van der Waals surface area contributed by atoms with Gasteiger partial charge in [-0.05, 0) is 30.4 Å². The van der Waals surface area contributed by atoms with E-state index in [2.05, 4.69) is 12.2 Å². The Morgan fingerprint density at radius 2 is 1.94 bits per heavy atom. The largest absolute Gasteiger partial charge is 0.353 e. The first-order valence-corrected chi connectivity index (χ1v) is 6.74. The molecule has 0 aromatic heterocycles. The number of amides is 1. The summed E-state index contributed by atoms with van der Waals surface area (Å²) < 4.78 is 0. The van der Waals surface area contributed by atoms with Crippen molar-refractivity contribution in [1.29, 1.82) is 0 Å². The molecule has 0 bridgehead atoms. The van der Waals surface area contributed by atoms with Gasteiger partial charge in [0, 0.05) is 12.6 Å². The van der Waals surface area contributed by atoms with Crippen molar-refractivity contribution in [3.63, 3.8) is 0 Å². The van der Waals surface area contributed by atoms with Crippen LogP contribution in [-0.4, -0.2) is 11.9 Å². The Morgan fingerprint density at radius 3 is 2.50 bits per heavy atom. The average Bonchev–Trinajstić information content (AvgIpc) is 3.13. The Morgan fingerprint density at radius 1 is 1.33 bits per heavy atom. The zero-order valence-electron chi connectivity index (χ0n) is 11.0. The summed E-state index contributed by atoms with van der Waals surface area (Å²) in [6.07, 6.45) is 4.25. The maximum atomic E-state index is 11.8. The van der Waals surface area contributed by atoms with E-state index in [1.807, 2.05) is 24.3 Å². The molecule has 0 heterocycles. The van der Waals surface area contributed by atoms with Crippen molar-refractivity contribution in [3.8, 4) is 0 Å². The van der Waals surface area contributed by atoms with Crippen LogP contribution in [0.1, 0.15) is 37.3 Å². The molecular weight excluding hydrogens is 224 g/mol. The lowest BCUT2D eigenvalue weighted by Crippen LogP contribution is -2.34. The van der Waals surface area contributed by atoms with Crippen molar-refractivity contribution in [1.82, 2.24) is 5.32 Å². The van der Waals surface area contributed by atoms with Crippen molar-refractivity contribution >= 4 is 5.91 Å². The second-order valence-electron chi connectivity index (χ2n) is 5.35. The van der Waals surface area contributed by atoms with E-state index in [1.54, 1.807) is 0 Å². The van der Waals surface area contributed by atoms with Gasteiger partial charge in [0.15, 0.2) is 0 Å². The fourth-order valence-corrected chi connectivity index (χ4v) is 2.22. The first-order valence-electron chi connectivity index (χ1n) is 6.74. The quantitative estimate of drug-likeness (QED) is 0.806. The normalized spacial score (nSPS) is 16.3. The minimum Gasteiger partial charge on any atom is -0.353 e. The standard InChI is InChI=1S/C15H22N2O/c1-11(8-12-2-3-12)17-15(18)9-13-4-6-14(10-16)7-5-13/h4-7,11-12H,2-3,8-10,16H2,1H3,(H,17,18). The molecule has 0 radical (unpaired) electrons. The summed E-state index contributed by atoms with van der Waals surface area (Å²) in [6.45, 7) is 2.64. The third-order valence-corrected chi connectivity index (χ3v) is 3.41. The van der Waals surface area contributed by atoms with E-state index in [0.29, 0.717) is 19.0 Å². The van der Waals surface area contributed by atoms with Crippen LogP contribution < -0.4 is 11.1 Å². The summed E-state index contributed by atoms with van der Waals surface area (Å²) in [5.74, 6) is 0.966. The monoisotopic (exact) mass is 246 g/mol. The molecule has 98 valence electrons. The predicted molar refractivity (Wildman–Crippen MR) is 73.0 cm³/mol. The molecule has 1 fully saturated rings. The molecule has 3 nitrogen and oxygen atoms in total. The van der Waals surface area contributed by atoms with Gasteiger partial charge in [-0.1, -0.05) is 37.1 Å². The van der Waals surface area contributed by atoms with Gasteiger partial charge in [-0.2, -0.15) is 0 Å². The highest BCUT2D eigenvalue weighted by Crippen LogP contribution is 2.33. The maximum absolute atomic E-state index is 11.8. The topological polar surface area (TPSA) is 55.1 Å². The van der Waals surface area contributed by atoms with Crippen molar-refractivity contribution in [2.24, 2.45) is 11.7 Å². The second-order valence-corrected chi connectivity index (χ2v) is 5.35. The zero-order chi connectivity index (χ0) is 13.0. The van der Waals surface area contributed by atoms with Crippen LogP contribution in [0.4, 0.5) is 0 Å². The minimum absolute atomic E-state index is 0.114. The fourth-order valence-electron chi connectivity index (χ4n) is 2.22. The Labute approximate surface area is 109 Å². The molecule has 1 amide bonds. The van der Waals surface area contributed by atoms with Crippen LogP contribution in [0.3, 0.4) is 0 Å². The SMILES string of the molecule is CC(CC1CC1)NC(=O)Cc1ccc(CN)cc1. The van der Waals surface area contributed by atoms with E-state index in [1.165, 1.54) is 12.8 Å². The third-order valence-electron chi connectivity index (χ3n) is 3.41. The van der Waals surface area contributed by atoms with Crippen LogP contribution in [0, 0.1) is 5.92 Å². The zero-order valence-corrected chi connectivity index (χ0v) is 11.0. The molecule has 3 heteroatoms. The molecule has 1 atom stereocenters. The summed E-state index contributed by atoms with van der Waals surface area (Å²) in [5.41, 5.74) is 7.68. The van der Waals surface area contributed by atoms with Gasteiger partial charge in [-0.3, -0.25) is 4.79 Å². The molecule has 1 unspecified atom stereocenters. The Balaban J connectivity index is 1.78. The third kappa shape index (κ3) is 4.15. The van der Waals surface area contributed by atoms with Gasteiger partial charge in [0.1, 0.15) is 0 Å². The van der Waals surface area contributed by atoms with Crippen molar-refractivity contribution in [3.05, 3.63) is 35.4 Å². The van der Waals surface area contributed by atoms with E-state index in [9.17, 15) is 4.79 Å². The van der Waals surface area contributed by atoms with E-state index >= 15 is 0 Å². The Kier molecular flexibility index (Phi) is 4.37. The maximum Gasteiger partial charge on any atom is 0.224 e. The van der Waals surface area contributed by atoms with Crippen LogP contribution in [0.2, 0.25) is 0 Å². The van der Waals surface area contributed by atoms with Crippen LogP contribution in [-0.2, 0) is 17.8 Å². The van der Waals surface area contributed by atoms with Gasteiger partial charge < -0.3 is 11.1 Å². The second kappa shape index (κ2) is 6.01. The molecule has 0 saturated heterocycles. The van der Waals surface area contributed by atoms with Crippen LogP contribution in [0.15, 0.2) is 24.3 Å². The van der Waals surface area contributed by atoms with Crippen LogP contribution in [0.5, 0.6) is 0 Å². The number of carbonyl (C=O) groups excluding carboxylic acids is 1. The fraction of sp³-hybridized carbons (Fsp3) is 0.533. The molecule has 2 rings (SSSR count). The molecule has 1 aliphatic rings. The number of nitrogens with one attached hydrogen (secondary N) is 1. The van der Waals surface area contributed by atoms with E-state index in [4.69, 9.17) is 5.73 Å². The summed E-state index contributed by atoms with van der Waals surface area (Å²) in [7, 11) is 0. The number of nitrogens with two attached hydrogens (primary N) is 1. The molecule has 0 spiro atoms. The molecule has 1 aromatic rings. The number of hydrogen-bond acceptors (Lipinski definition) is 2. The Bertz CT molecular complexity index is 395. The lowest BCUT2D eigenvalue weighted by atomic mass is 10.1. The van der Waals surface area contributed by atoms with Gasteiger partial charge >= 0.3 is 0 Å². The molecule has 0 aliphatic heterocycles. The minimum atomic E-state index is 0.114. The molecule has 18 heavy (non-hydrogen) atoms. The lowest BCUT2D eigenvalue weighted by molar-refractivity contribution is -0.121. The highest BCUT2D eigenvalue weighted by molar-refractivity contribution is 5.78. The first kappa shape index (κ1) is 13.1. The molecular formula is C15H22N2O. The highest BCUT2D eigenvalue weighted by atomic mass is 16.1. The first-order chi connectivity index (χ1) is 8.67. The summed E-state index contributed by atoms with van der Waals surface area (Å²) in [5, 5.41) is 3.06. The van der Waals surface area contributed by atoms with Gasteiger partial charge in [-0.15, -0.1) is 0 Å². The molecule has 1 aromatic carbocycles. The molecule has 1 aliphatic carbocycles. The summed E-state index contributed by atoms with van der Waals surface area (Å²) >= 11 is 0. The van der Waals surface area contributed by atoms with Crippen molar-refractivity contribution in [2.45, 2.75) is 45.2 Å². The molecule has 1 saturated carbocycles. The summed E-state index contributed by atoms with van der Waals surface area (Å²) in [6, 6.07) is 8.22. The van der Waals surface area contributed by atoms with Gasteiger partial charge in [0.25, 0.3) is 0 Å². The van der Waals surface area contributed by atoms with Gasteiger partial charge in [0.2, 0.25) is 5.91 Å². The Hall–Kier alpha value is -1.35. The number of hydrogen-bond donors (Lipinski definition) is 2. The smallest absolute Gasteiger partial charge is 0.224 e. The number of carbonyl (C=O) groups is 1. The summed E-state index contributed by atoms with van der Waals surface area (Å²) in [4.78, 5) is 11.8. The van der Waals surface area contributed by atoms with Crippen molar-refractivity contribution < 1.29 is 4.79 Å². The van der Waals surface area contributed by atoms with Crippen molar-refractivity contribution in [2.75, 3.05) is 0 Å². The highest BCUT2D eigenvalue weighted by Gasteiger charge is 2.24. The molecule has 3 N–H and O–H groups in total. The van der Waals surface area contributed by atoms with E-state index in [0.717, 1.165) is 23.5 Å². The predicted octanol–water partition coefficient (Wildman–Crippen LogP) is 1.99. The van der Waals surface area contributed by atoms with E-state index < -0.39 is 0 Å². The average molecular weight is 246 g/mol. The van der Waals surface area contributed by atoms with Crippen LogP contribution in [0.25, 0.3) is 0 Å². The van der Waals surface area contributed by atoms with Crippen LogP contribution >= 0.6 is 0 Å². The van der Waals surface area contributed by atoms with Gasteiger partial charge in [0.05, 0.1) is 6.42 Å². The number of benzene rings is 1. The number of rotatable bonds is 6.